The van der Waals surface area contributed by atoms with Crippen LogP contribution in [0.2, 0.25) is 0 Å². The van der Waals surface area contributed by atoms with E-state index in [1.807, 2.05) is 23.1 Å². The summed E-state index contributed by atoms with van der Waals surface area (Å²) in [7, 11) is 0. The molecule has 4 rings (SSSR count). The second-order valence-corrected chi connectivity index (χ2v) is 7.28. The van der Waals surface area contributed by atoms with Crippen molar-refractivity contribution in [2.45, 2.75) is 19.5 Å². The number of piperazine rings is 1. The molecule has 156 valence electrons. The first-order valence-corrected chi connectivity index (χ1v) is 9.80. The van der Waals surface area contributed by atoms with E-state index in [1.165, 1.54) is 5.56 Å². The van der Waals surface area contributed by atoms with Crippen LogP contribution in [0.25, 0.3) is 0 Å². The lowest BCUT2D eigenvalue weighted by Crippen LogP contribution is -2.50. The van der Waals surface area contributed by atoms with E-state index < -0.39 is 0 Å². The maximum Gasteiger partial charge on any atom is 0.272 e. The number of H-pyrrole nitrogens is 1. The number of benzene rings is 1. The van der Waals surface area contributed by atoms with Crippen molar-refractivity contribution >= 4 is 24.2 Å². The summed E-state index contributed by atoms with van der Waals surface area (Å²) in [6.07, 6.45) is 0.835. The fourth-order valence-electron chi connectivity index (χ4n) is 3.76. The Balaban J connectivity index is 0.00000240. The highest BCUT2D eigenvalue weighted by molar-refractivity contribution is 5.96. The van der Waals surface area contributed by atoms with Crippen molar-refractivity contribution in [3.63, 3.8) is 0 Å². The van der Waals surface area contributed by atoms with Gasteiger partial charge in [0.25, 0.3) is 5.91 Å². The second kappa shape index (κ2) is 9.87. The van der Waals surface area contributed by atoms with Crippen molar-refractivity contribution < 1.29 is 9.59 Å². The first-order valence-electron chi connectivity index (χ1n) is 9.80. The normalized spacial score (nSPS) is 16.6. The second-order valence-electron chi connectivity index (χ2n) is 7.28. The third-order valence-corrected chi connectivity index (χ3v) is 5.40. The number of amides is 2. The Morgan fingerprint density at radius 3 is 2.62 bits per heavy atom. The summed E-state index contributed by atoms with van der Waals surface area (Å²) >= 11 is 0. The standard InChI is InChI=1S/C20H26N6O2.ClH/c27-18(13-22-20(28)19-16-12-21-7-6-17(16)23-24-19)26-10-8-25(9-11-26)14-15-4-2-1-3-5-15;/h1-5,21H,6-14H2,(H,22,28)(H,23,24);1H. The summed E-state index contributed by atoms with van der Waals surface area (Å²) in [5.41, 5.74) is 3.59. The Hall–Kier alpha value is -2.42. The average molecular weight is 419 g/mol. The zero-order valence-electron chi connectivity index (χ0n) is 16.3. The van der Waals surface area contributed by atoms with Gasteiger partial charge in [0, 0.05) is 63.5 Å². The number of rotatable bonds is 5. The van der Waals surface area contributed by atoms with Gasteiger partial charge in [-0.05, 0) is 5.56 Å². The van der Waals surface area contributed by atoms with Crippen LogP contribution in [0.5, 0.6) is 0 Å². The molecule has 0 atom stereocenters. The number of fused-ring (bicyclic) bond motifs is 1. The van der Waals surface area contributed by atoms with E-state index in [1.54, 1.807) is 0 Å². The van der Waals surface area contributed by atoms with Crippen LogP contribution in [-0.2, 0) is 24.3 Å². The summed E-state index contributed by atoms with van der Waals surface area (Å²) in [4.78, 5) is 29.1. The molecule has 1 aromatic heterocycles. The van der Waals surface area contributed by atoms with Gasteiger partial charge in [-0.15, -0.1) is 12.4 Å². The summed E-state index contributed by atoms with van der Waals surface area (Å²) < 4.78 is 0. The minimum Gasteiger partial charge on any atom is -0.342 e. The Morgan fingerprint density at radius 2 is 1.86 bits per heavy atom. The molecule has 2 aliphatic rings. The quantitative estimate of drug-likeness (QED) is 0.659. The molecule has 0 bridgehead atoms. The molecule has 1 saturated heterocycles. The molecule has 3 heterocycles. The highest BCUT2D eigenvalue weighted by Crippen LogP contribution is 2.15. The van der Waals surface area contributed by atoms with Crippen LogP contribution in [0.15, 0.2) is 30.3 Å². The van der Waals surface area contributed by atoms with Gasteiger partial charge >= 0.3 is 0 Å². The highest BCUT2D eigenvalue weighted by atomic mass is 35.5. The van der Waals surface area contributed by atoms with Crippen molar-refractivity contribution in [2.75, 3.05) is 39.3 Å². The third kappa shape index (κ3) is 5.14. The Labute approximate surface area is 176 Å². The minimum absolute atomic E-state index is 0. The number of aromatic amines is 1. The summed E-state index contributed by atoms with van der Waals surface area (Å²) in [5.74, 6) is -0.340. The number of halogens is 1. The smallest absolute Gasteiger partial charge is 0.272 e. The van der Waals surface area contributed by atoms with Crippen LogP contribution in [-0.4, -0.2) is 71.1 Å². The lowest BCUT2D eigenvalue weighted by atomic mass is 10.1. The van der Waals surface area contributed by atoms with E-state index in [4.69, 9.17) is 0 Å². The fourth-order valence-corrected chi connectivity index (χ4v) is 3.76. The van der Waals surface area contributed by atoms with Gasteiger partial charge in [-0.1, -0.05) is 30.3 Å². The molecular weight excluding hydrogens is 392 g/mol. The monoisotopic (exact) mass is 418 g/mol. The maximum atomic E-state index is 12.5. The van der Waals surface area contributed by atoms with Crippen molar-refractivity contribution in [3.05, 3.63) is 52.8 Å². The average Bonchev–Trinajstić information content (AvgIpc) is 3.17. The van der Waals surface area contributed by atoms with Crippen LogP contribution in [0.1, 0.15) is 27.3 Å². The number of hydrogen-bond acceptors (Lipinski definition) is 5. The maximum absolute atomic E-state index is 12.5. The van der Waals surface area contributed by atoms with Gasteiger partial charge in [0.05, 0.1) is 6.54 Å². The molecule has 3 N–H and O–H groups in total. The number of hydrogen-bond donors (Lipinski definition) is 3. The molecule has 2 aromatic rings. The fraction of sp³-hybridized carbons (Fsp3) is 0.450. The first kappa shape index (κ1) is 21.3. The van der Waals surface area contributed by atoms with E-state index in [-0.39, 0.29) is 30.8 Å². The molecule has 1 fully saturated rings. The van der Waals surface area contributed by atoms with Gasteiger partial charge in [0.15, 0.2) is 5.69 Å². The third-order valence-electron chi connectivity index (χ3n) is 5.40. The van der Waals surface area contributed by atoms with E-state index >= 15 is 0 Å². The number of nitrogens with zero attached hydrogens (tertiary/aromatic N) is 3. The van der Waals surface area contributed by atoms with Crippen LogP contribution in [0.3, 0.4) is 0 Å². The first-order chi connectivity index (χ1) is 13.7. The molecule has 2 amide bonds. The van der Waals surface area contributed by atoms with Gasteiger partial charge in [-0.2, -0.15) is 5.10 Å². The SMILES string of the molecule is Cl.O=C(NCC(=O)N1CCN(Cc2ccccc2)CC1)c1n[nH]c2c1CNCC2. The van der Waals surface area contributed by atoms with E-state index in [0.717, 1.165) is 43.9 Å². The minimum atomic E-state index is -0.294. The summed E-state index contributed by atoms with van der Waals surface area (Å²) in [5, 5.41) is 13.0. The molecule has 29 heavy (non-hydrogen) atoms. The van der Waals surface area contributed by atoms with Crippen molar-refractivity contribution in [1.82, 2.24) is 30.6 Å². The molecule has 0 spiro atoms. The van der Waals surface area contributed by atoms with Gasteiger partial charge in [0.2, 0.25) is 5.91 Å². The number of aromatic nitrogens is 2. The van der Waals surface area contributed by atoms with E-state index in [2.05, 4.69) is 37.9 Å². The highest BCUT2D eigenvalue weighted by Gasteiger charge is 2.24. The van der Waals surface area contributed by atoms with Gasteiger partial charge in [-0.25, -0.2) is 0 Å². The van der Waals surface area contributed by atoms with Gasteiger partial charge in [0.1, 0.15) is 0 Å². The van der Waals surface area contributed by atoms with Crippen LogP contribution in [0, 0.1) is 0 Å². The molecule has 2 aliphatic heterocycles. The predicted octanol–water partition coefficient (Wildman–Crippen LogP) is 0.551. The van der Waals surface area contributed by atoms with Crippen molar-refractivity contribution in [1.29, 1.82) is 0 Å². The summed E-state index contributed by atoms with van der Waals surface area (Å²) in [6, 6.07) is 10.4. The molecule has 1 aromatic carbocycles. The van der Waals surface area contributed by atoms with Crippen molar-refractivity contribution in [2.24, 2.45) is 0 Å². The molecule has 8 nitrogen and oxygen atoms in total. The Morgan fingerprint density at radius 1 is 1.10 bits per heavy atom. The molecular formula is C20H27ClN6O2. The van der Waals surface area contributed by atoms with Crippen molar-refractivity contribution in [3.8, 4) is 0 Å². The molecule has 9 heteroatoms. The molecule has 0 aliphatic carbocycles. The number of carbonyl (C=O) groups excluding carboxylic acids is 2. The van der Waals surface area contributed by atoms with Crippen LogP contribution < -0.4 is 10.6 Å². The molecule has 0 unspecified atom stereocenters. The van der Waals surface area contributed by atoms with Crippen LogP contribution in [0.4, 0.5) is 0 Å². The van der Waals surface area contributed by atoms with E-state index in [9.17, 15) is 9.59 Å². The van der Waals surface area contributed by atoms with E-state index in [0.29, 0.717) is 25.3 Å². The molecule has 0 saturated carbocycles. The van der Waals surface area contributed by atoms with Gasteiger partial charge in [-0.3, -0.25) is 19.6 Å². The number of nitrogens with one attached hydrogen (secondary N) is 3. The van der Waals surface area contributed by atoms with Crippen LogP contribution >= 0.6 is 12.4 Å². The zero-order chi connectivity index (χ0) is 19.3. The van der Waals surface area contributed by atoms with Gasteiger partial charge < -0.3 is 15.5 Å². The lowest BCUT2D eigenvalue weighted by molar-refractivity contribution is -0.131. The topological polar surface area (TPSA) is 93.4 Å². The summed E-state index contributed by atoms with van der Waals surface area (Å²) in [6.45, 7) is 5.47. The predicted molar refractivity (Wildman–Crippen MR) is 112 cm³/mol. The lowest BCUT2D eigenvalue weighted by Gasteiger charge is -2.34. The Bertz CT molecular complexity index is 833. The zero-order valence-corrected chi connectivity index (χ0v) is 17.1. The largest absolute Gasteiger partial charge is 0.342 e. The number of carbonyl (C=O) groups is 2. The molecule has 0 radical (unpaired) electrons. The Kier molecular flexibility index (Phi) is 7.24.